The van der Waals surface area contributed by atoms with Crippen LogP contribution >= 0.6 is 11.8 Å². The summed E-state index contributed by atoms with van der Waals surface area (Å²) in [5.74, 6) is -0.0224. The smallest absolute Gasteiger partial charge is 0.221 e. The first kappa shape index (κ1) is 12.3. The van der Waals surface area contributed by atoms with Crippen molar-refractivity contribution in [1.29, 1.82) is 0 Å². The van der Waals surface area contributed by atoms with Gasteiger partial charge in [0.05, 0.1) is 5.69 Å². The number of hydrogen-bond acceptors (Lipinski definition) is 2. The van der Waals surface area contributed by atoms with Crippen molar-refractivity contribution in [2.45, 2.75) is 18.2 Å². The molecule has 0 unspecified atom stereocenters. The lowest BCUT2D eigenvalue weighted by Crippen LogP contribution is -2.07. The Balaban J connectivity index is 2.15. The van der Waals surface area contributed by atoms with Crippen molar-refractivity contribution >= 4 is 23.4 Å². The van der Waals surface area contributed by atoms with Crippen molar-refractivity contribution in [2.24, 2.45) is 0 Å². The number of benzene rings is 2. The van der Waals surface area contributed by atoms with E-state index in [0.29, 0.717) is 0 Å². The van der Waals surface area contributed by atoms with E-state index >= 15 is 0 Å². The van der Waals surface area contributed by atoms with Crippen molar-refractivity contribution in [2.75, 3.05) is 11.6 Å². The lowest BCUT2D eigenvalue weighted by molar-refractivity contribution is -0.114. The number of carbonyl (C=O) groups excluding carboxylic acids is 1. The summed E-state index contributed by atoms with van der Waals surface area (Å²) in [4.78, 5) is 12.5. The molecule has 2 nitrogen and oxygen atoms in total. The summed E-state index contributed by atoms with van der Waals surface area (Å²) >= 11 is 1.70. The summed E-state index contributed by atoms with van der Waals surface area (Å²) in [7, 11) is 0. The zero-order valence-corrected chi connectivity index (χ0v) is 11.8. The lowest BCUT2D eigenvalue weighted by Gasteiger charge is -2.12. The first-order valence-corrected chi connectivity index (χ1v) is 7.49. The molecule has 0 bridgehead atoms. The van der Waals surface area contributed by atoms with E-state index in [1.165, 1.54) is 27.1 Å². The maximum absolute atomic E-state index is 11.3. The van der Waals surface area contributed by atoms with E-state index in [0.717, 1.165) is 12.1 Å². The third kappa shape index (κ3) is 2.04. The number of anilines is 1. The maximum atomic E-state index is 11.3. The van der Waals surface area contributed by atoms with Crippen LogP contribution in [0.5, 0.6) is 0 Å². The quantitative estimate of drug-likeness (QED) is 0.714. The minimum absolute atomic E-state index is 0.0224. The molecule has 2 aromatic carbocycles. The standard InChI is InChI=1S/C16H15NOS/c1-10(18)17-15-8-7-13-12-6-4-3-5-11(12)9-14(13)16(15)19-2/h3-8H,9H2,1-2H3,(H,17,18). The van der Waals surface area contributed by atoms with E-state index in [2.05, 4.69) is 41.9 Å². The third-order valence-electron chi connectivity index (χ3n) is 3.45. The van der Waals surface area contributed by atoms with Crippen LogP contribution in [-0.2, 0) is 11.2 Å². The highest BCUT2D eigenvalue weighted by Crippen LogP contribution is 2.43. The molecule has 96 valence electrons. The van der Waals surface area contributed by atoms with Crippen LogP contribution in [0.2, 0.25) is 0 Å². The minimum Gasteiger partial charge on any atom is -0.325 e. The van der Waals surface area contributed by atoms with Gasteiger partial charge >= 0.3 is 0 Å². The van der Waals surface area contributed by atoms with Gasteiger partial charge in [0.2, 0.25) is 5.91 Å². The zero-order chi connectivity index (χ0) is 13.4. The Morgan fingerprint density at radius 1 is 1.16 bits per heavy atom. The lowest BCUT2D eigenvalue weighted by atomic mass is 10.1. The molecule has 2 aromatic rings. The second-order valence-electron chi connectivity index (χ2n) is 4.69. The van der Waals surface area contributed by atoms with Crippen molar-refractivity contribution in [3.05, 3.63) is 47.5 Å². The largest absolute Gasteiger partial charge is 0.325 e. The fourth-order valence-electron chi connectivity index (χ4n) is 2.70. The fraction of sp³-hybridized carbons (Fsp3) is 0.188. The topological polar surface area (TPSA) is 29.1 Å². The molecule has 0 saturated carbocycles. The summed E-state index contributed by atoms with van der Waals surface area (Å²) in [5, 5.41) is 2.92. The molecule has 0 atom stereocenters. The van der Waals surface area contributed by atoms with E-state index in [4.69, 9.17) is 0 Å². The van der Waals surface area contributed by atoms with Gasteiger partial charge in [-0.25, -0.2) is 0 Å². The van der Waals surface area contributed by atoms with Crippen LogP contribution in [0.3, 0.4) is 0 Å². The monoisotopic (exact) mass is 269 g/mol. The zero-order valence-electron chi connectivity index (χ0n) is 11.0. The summed E-state index contributed by atoms with van der Waals surface area (Å²) < 4.78 is 0. The molecular formula is C16H15NOS. The predicted octanol–water partition coefficient (Wildman–Crippen LogP) is 3.94. The highest BCUT2D eigenvalue weighted by molar-refractivity contribution is 7.98. The first-order valence-electron chi connectivity index (χ1n) is 6.26. The van der Waals surface area contributed by atoms with Gasteiger partial charge < -0.3 is 5.32 Å². The molecule has 0 aromatic heterocycles. The molecule has 0 radical (unpaired) electrons. The van der Waals surface area contributed by atoms with Crippen LogP contribution < -0.4 is 5.32 Å². The number of amides is 1. The minimum atomic E-state index is -0.0224. The van der Waals surface area contributed by atoms with E-state index in [9.17, 15) is 4.79 Å². The van der Waals surface area contributed by atoms with Crippen LogP contribution in [0.4, 0.5) is 5.69 Å². The third-order valence-corrected chi connectivity index (χ3v) is 4.32. The molecule has 0 saturated heterocycles. The molecule has 3 rings (SSSR count). The molecule has 0 aliphatic heterocycles. The Morgan fingerprint density at radius 3 is 2.68 bits per heavy atom. The number of fused-ring (bicyclic) bond motifs is 3. The van der Waals surface area contributed by atoms with Gasteiger partial charge in [-0.05, 0) is 41.0 Å². The number of nitrogens with one attached hydrogen (secondary N) is 1. The predicted molar refractivity (Wildman–Crippen MR) is 80.8 cm³/mol. The molecule has 0 fully saturated rings. The van der Waals surface area contributed by atoms with E-state index in [1.807, 2.05) is 6.07 Å². The van der Waals surface area contributed by atoms with Crippen molar-refractivity contribution < 1.29 is 4.79 Å². The van der Waals surface area contributed by atoms with Crippen molar-refractivity contribution in [1.82, 2.24) is 0 Å². The summed E-state index contributed by atoms with van der Waals surface area (Å²) in [5.41, 5.74) is 6.25. The van der Waals surface area contributed by atoms with Gasteiger partial charge in [-0.2, -0.15) is 0 Å². The molecule has 1 aliphatic rings. The van der Waals surface area contributed by atoms with Crippen molar-refractivity contribution in [3.63, 3.8) is 0 Å². The van der Waals surface area contributed by atoms with Crippen LogP contribution in [-0.4, -0.2) is 12.2 Å². The molecule has 1 aliphatic carbocycles. The SMILES string of the molecule is CSc1c(NC(C)=O)ccc2c1Cc1ccccc1-2. The Morgan fingerprint density at radius 2 is 1.95 bits per heavy atom. The Labute approximate surface area is 117 Å². The highest BCUT2D eigenvalue weighted by atomic mass is 32.2. The molecule has 0 heterocycles. The van der Waals surface area contributed by atoms with Gasteiger partial charge in [-0.3, -0.25) is 4.79 Å². The highest BCUT2D eigenvalue weighted by Gasteiger charge is 2.22. The van der Waals surface area contributed by atoms with E-state index in [1.54, 1.807) is 18.7 Å². The van der Waals surface area contributed by atoms with Gasteiger partial charge in [-0.1, -0.05) is 30.3 Å². The molecule has 1 amide bonds. The average Bonchev–Trinajstić information content (AvgIpc) is 2.76. The normalized spacial score (nSPS) is 11.9. The van der Waals surface area contributed by atoms with Gasteiger partial charge in [0, 0.05) is 11.8 Å². The van der Waals surface area contributed by atoms with Crippen LogP contribution in [0.25, 0.3) is 11.1 Å². The molecule has 1 N–H and O–H groups in total. The maximum Gasteiger partial charge on any atom is 0.221 e. The summed E-state index contributed by atoms with van der Waals surface area (Å²) in [6, 6.07) is 12.6. The number of rotatable bonds is 2. The van der Waals surface area contributed by atoms with Gasteiger partial charge in [0.1, 0.15) is 0 Å². The first-order chi connectivity index (χ1) is 9.20. The fourth-order valence-corrected chi connectivity index (χ4v) is 3.47. The van der Waals surface area contributed by atoms with Crippen LogP contribution in [0.1, 0.15) is 18.1 Å². The Bertz CT molecular complexity index is 664. The van der Waals surface area contributed by atoms with E-state index < -0.39 is 0 Å². The van der Waals surface area contributed by atoms with Gasteiger partial charge in [0.25, 0.3) is 0 Å². The Hall–Kier alpha value is -1.74. The van der Waals surface area contributed by atoms with Gasteiger partial charge in [-0.15, -0.1) is 11.8 Å². The number of thioether (sulfide) groups is 1. The molecule has 19 heavy (non-hydrogen) atoms. The molecular weight excluding hydrogens is 254 g/mol. The molecule has 3 heteroatoms. The van der Waals surface area contributed by atoms with E-state index in [-0.39, 0.29) is 5.91 Å². The summed E-state index contributed by atoms with van der Waals surface area (Å²) in [6.45, 7) is 1.55. The number of carbonyl (C=O) groups is 1. The Kier molecular flexibility index (Phi) is 3.07. The number of hydrogen-bond donors (Lipinski definition) is 1. The summed E-state index contributed by atoms with van der Waals surface area (Å²) in [6.07, 6.45) is 3.01. The van der Waals surface area contributed by atoms with Crippen LogP contribution in [0, 0.1) is 0 Å². The average molecular weight is 269 g/mol. The molecule has 0 spiro atoms. The van der Waals surface area contributed by atoms with Gasteiger partial charge in [0.15, 0.2) is 0 Å². The second-order valence-corrected chi connectivity index (χ2v) is 5.50. The van der Waals surface area contributed by atoms with Crippen LogP contribution in [0.15, 0.2) is 41.3 Å². The van der Waals surface area contributed by atoms with Crippen molar-refractivity contribution in [3.8, 4) is 11.1 Å². The second kappa shape index (κ2) is 4.74.